The lowest BCUT2D eigenvalue weighted by molar-refractivity contribution is 0.0151. The number of carbonyl (C=O) groups excluding carboxylic acids is 1. The Hall–Kier alpha value is -1.69. The fourth-order valence-electron chi connectivity index (χ4n) is 2.23. The molecule has 1 atom stereocenters. The summed E-state index contributed by atoms with van der Waals surface area (Å²) in [6.45, 7) is 7.67. The van der Waals surface area contributed by atoms with E-state index in [2.05, 4.69) is 10.6 Å². The highest BCUT2D eigenvalue weighted by Gasteiger charge is 2.30. The Balaban J connectivity index is 2.49. The Morgan fingerprint density at radius 2 is 1.91 bits per heavy atom. The number of hydrogen-bond acceptors (Lipinski definition) is 2. The third-order valence-corrected chi connectivity index (χ3v) is 3.58. The quantitative estimate of drug-likeness (QED) is 0.756. The van der Waals surface area contributed by atoms with Crippen LogP contribution in [0.3, 0.4) is 0 Å². The topological polar surface area (TPSA) is 61.4 Å². The molecule has 0 radical (unpaired) electrons. The van der Waals surface area contributed by atoms with Crippen molar-refractivity contribution in [3.63, 3.8) is 0 Å². The Kier molecular flexibility index (Phi) is 6.29. The summed E-state index contributed by atoms with van der Waals surface area (Å²) in [5, 5.41) is 15.2. The standard InChI is InChI=1S/C16H24F2N2O2/c1-10(2)14(21)16(3,4)9-20-15(22)19-8-11-7-12(17)5-6-13(11)18/h5-7,10,14,21H,8-9H2,1-4H3,(H2,19,20,22). The number of carbonyl (C=O) groups is 1. The van der Waals surface area contributed by atoms with Crippen LogP contribution in [0.5, 0.6) is 0 Å². The molecule has 0 heterocycles. The zero-order valence-electron chi connectivity index (χ0n) is 13.4. The van der Waals surface area contributed by atoms with Gasteiger partial charge in [-0.3, -0.25) is 0 Å². The van der Waals surface area contributed by atoms with Gasteiger partial charge in [-0.1, -0.05) is 27.7 Å². The van der Waals surface area contributed by atoms with Gasteiger partial charge in [0, 0.05) is 24.1 Å². The van der Waals surface area contributed by atoms with Crippen molar-refractivity contribution in [2.45, 2.75) is 40.3 Å². The Labute approximate surface area is 129 Å². The van der Waals surface area contributed by atoms with Crippen molar-refractivity contribution in [1.82, 2.24) is 10.6 Å². The average Bonchev–Trinajstić information content (AvgIpc) is 2.45. The molecular weight excluding hydrogens is 290 g/mol. The van der Waals surface area contributed by atoms with E-state index < -0.39 is 29.2 Å². The molecule has 124 valence electrons. The van der Waals surface area contributed by atoms with E-state index in [-0.39, 0.29) is 24.6 Å². The van der Waals surface area contributed by atoms with E-state index in [1.54, 1.807) is 0 Å². The molecule has 1 unspecified atom stereocenters. The van der Waals surface area contributed by atoms with Crippen molar-refractivity contribution in [3.8, 4) is 0 Å². The maximum Gasteiger partial charge on any atom is 0.315 e. The van der Waals surface area contributed by atoms with Crippen LogP contribution in [0.25, 0.3) is 0 Å². The second-order valence-electron chi connectivity index (χ2n) is 6.45. The first-order valence-electron chi connectivity index (χ1n) is 7.27. The summed E-state index contributed by atoms with van der Waals surface area (Å²) in [5.74, 6) is -1.06. The van der Waals surface area contributed by atoms with Crippen molar-refractivity contribution >= 4 is 6.03 Å². The molecule has 0 fully saturated rings. The third kappa shape index (κ3) is 5.26. The molecule has 22 heavy (non-hydrogen) atoms. The largest absolute Gasteiger partial charge is 0.392 e. The lowest BCUT2D eigenvalue weighted by atomic mass is 9.81. The minimum Gasteiger partial charge on any atom is -0.392 e. The van der Waals surface area contributed by atoms with Gasteiger partial charge in [-0.05, 0) is 24.1 Å². The molecule has 0 saturated heterocycles. The predicted molar refractivity (Wildman–Crippen MR) is 81.2 cm³/mol. The molecule has 0 aliphatic carbocycles. The molecule has 0 spiro atoms. The second kappa shape index (κ2) is 7.54. The van der Waals surface area contributed by atoms with Gasteiger partial charge in [-0.2, -0.15) is 0 Å². The molecule has 1 rings (SSSR count). The van der Waals surface area contributed by atoms with Crippen molar-refractivity contribution in [1.29, 1.82) is 0 Å². The minimum atomic E-state index is -0.572. The van der Waals surface area contributed by atoms with E-state index in [9.17, 15) is 18.7 Å². The number of rotatable bonds is 6. The van der Waals surface area contributed by atoms with E-state index in [1.807, 2.05) is 27.7 Å². The molecule has 1 aromatic rings. The first-order chi connectivity index (χ1) is 10.1. The van der Waals surface area contributed by atoms with Crippen LogP contribution in [-0.4, -0.2) is 23.8 Å². The summed E-state index contributed by atoms with van der Waals surface area (Å²) in [5.41, 5.74) is -0.410. The molecule has 2 amide bonds. The van der Waals surface area contributed by atoms with Gasteiger partial charge >= 0.3 is 6.03 Å². The Bertz CT molecular complexity index is 519. The average molecular weight is 314 g/mol. The smallest absolute Gasteiger partial charge is 0.315 e. The van der Waals surface area contributed by atoms with Crippen molar-refractivity contribution < 1.29 is 18.7 Å². The van der Waals surface area contributed by atoms with Crippen molar-refractivity contribution in [2.75, 3.05) is 6.54 Å². The van der Waals surface area contributed by atoms with Gasteiger partial charge in [-0.25, -0.2) is 13.6 Å². The summed E-state index contributed by atoms with van der Waals surface area (Å²) >= 11 is 0. The maximum atomic E-state index is 13.4. The molecule has 0 aliphatic heterocycles. The molecule has 0 aromatic heterocycles. The van der Waals surface area contributed by atoms with E-state index in [1.165, 1.54) is 0 Å². The highest BCUT2D eigenvalue weighted by atomic mass is 19.1. The highest BCUT2D eigenvalue weighted by Crippen LogP contribution is 2.24. The second-order valence-corrected chi connectivity index (χ2v) is 6.45. The lowest BCUT2D eigenvalue weighted by Crippen LogP contribution is -2.46. The van der Waals surface area contributed by atoms with Gasteiger partial charge in [0.05, 0.1) is 6.10 Å². The number of urea groups is 1. The fraction of sp³-hybridized carbons (Fsp3) is 0.562. The van der Waals surface area contributed by atoms with Crippen molar-refractivity contribution in [3.05, 3.63) is 35.4 Å². The number of nitrogens with one attached hydrogen (secondary N) is 2. The molecule has 0 bridgehead atoms. The van der Waals surface area contributed by atoms with Crippen LogP contribution in [0, 0.1) is 23.0 Å². The highest BCUT2D eigenvalue weighted by molar-refractivity contribution is 5.73. The molecule has 3 N–H and O–H groups in total. The number of aliphatic hydroxyl groups is 1. The molecule has 1 aromatic carbocycles. The van der Waals surface area contributed by atoms with Crippen LogP contribution in [0.2, 0.25) is 0 Å². The number of benzene rings is 1. The predicted octanol–water partition coefficient (Wildman–Crippen LogP) is 2.81. The lowest BCUT2D eigenvalue weighted by Gasteiger charge is -2.33. The summed E-state index contributed by atoms with van der Waals surface area (Å²) in [6, 6.07) is 2.59. The SMILES string of the molecule is CC(C)C(O)C(C)(C)CNC(=O)NCc1cc(F)ccc1F. The van der Waals surface area contributed by atoms with Gasteiger partial charge in [-0.15, -0.1) is 0 Å². The maximum absolute atomic E-state index is 13.4. The summed E-state index contributed by atoms with van der Waals surface area (Å²) < 4.78 is 26.4. The normalized spacial score (nSPS) is 13.1. The van der Waals surface area contributed by atoms with Crippen LogP contribution >= 0.6 is 0 Å². The van der Waals surface area contributed by atoms with E-state index in [0.29, 0.717) is 0 Å². The van der Waals surface area contributed by atoms with Crippen LogP contribution in [-0.2, 0) is 6.54 Å². The van der Waals surface area contributed by atoms with Crippen LogP contribution < -0.4 is 10.6 Å². The number of halogens is 2. The van der Waals surface area contributed by atoms with E-state index in [0.717, 1.165) is 18.2 Å². The number of hydrogen-bond donors (Lipinski definition) is 3. The summed E-state index contributed by atoms with van der Waals surface area (Å²) in [4.78, 5) is 11.7. The zero-order chi connectivity index (χ0) is 16.9. The minimum absolute atomic E-state index is 0.0706. The summed E-state index contributed by atoms with van der Waals surface area (Å²) in [7, 11) is 0. The van der Waals surface area contributed by atoms with E-state index in [4.69, 9.17) is 0 Å². The van der Waals surface area contributed by atoms with Gasteiger partial charge in [0.2, 0.25) is 0 Å². The molecule has 0 aliphatic rings. The van der Waals surface area contributed by atoms with Crippen LogP contribution in [0.1, 0.15) is 33.3 Å². The molecule has 4 nitrogen and oxygen atoms in total. The zero-order valence-corrected chi connectivity index (χ0v) is 13.4. The first kappa shape index (κ1) is 18.4. The van der Waals surface area contributed by atoms with Crippen molar-refractivity contribution in [2.24, 2.45) is 11.3 Å². The molecular formula is C16H24F2N2O2. The van der Waals surface area contributed by atoms with Gasteiger partial charge in [0.15, 0.2) is 0 Å². The van der Waals surface area contributed by atoms with Crippen LogP contribution in [0.15, 0.2) is 18.2 Å². The molecule has 6 heteroatoms. The Morgan fingerprint density at radius 3 is 2.50 bits per heavy atom. The van der Waals surface area contributed by atoms with E-state index >= 15 is 0 Å². The Morgan fingerprint density at radius 1 is 1.27 bits per heavy atom. The summed E-state index contributed by atoms with van der Waals surface area (Å²) in [6.07, 6.45) is -0.562. The fourth-order valence-corrected chi connectivity index (χ4v) is 2.23. The third-order valence-electron chi connectivity index (χ3n) is 3.58. The first-order valence-corrected chi connectivity index (χ1v) is 7.27. The molecule has 0 saturated carbocycles. The number of amides is 2. The van der Waals surface area contributed by atoms with Crippen LogP contribution in [0.4, 0.5) is 13.6 Å². The monoisotopic (exact) mass is 314 g/mol. The van der Waals surface area contributed by atoms with Gasteiger partial charge in [0.1, 0.15) is 11.6 Å². The van der Waals surface area contributed by atoms with Gasteiger partial charge < -0.3 is 15.7 Å². The number of aliphatic hydroxyl groups excluding tert-OH is 1. The van der Waals surface area contributed by atoms with Gasteiger partial charge in [0.25, 0.3) is 0 Å².